The van der Waals surface area contributed by atoms with Gasteiger partial charge in [-0.15, -0.1) is 0 Å². The van der Waals surface area contributed by atoms with Crippen LogP contribution in [0.4, 0.5) is 17.1 Å². The molecular formula is C74H48N2. The first-order valence-corrected chi connectivity index (χ1v) is 26.5. The molecule has 76 heavy (non-hydrogen) atoms. The van der Waals surface area contributed by atoms with E-state index in [1.807, 2.05) is 0 Å². The average molecular weight is 965 g/mol. The molecule has 1 aromatic heterocycles. The van der Waals surface area contributed by atoms with E-state index in [0.717, 1.165) is 28.3 Å². The van der Waals surface area contributed by atoms with Gasteiger partial charge in [0.1, 0.15) is 0 Å². The molecule has 16 rings (SSSR count). The maximum atomic E-state index is 2.50. The van der Waals surface area contributed by atoms with Crippen molar-refractivity contribution in [1.29, 1.82) is 0 Å². The summed E-state index contributed by atoms with van der Waals surface area (Å²) in [5.74, 6) is 0. The first kappa shape index (κ1) is 42.7. The minimum Gasteiger partial charge on any atom is -0.310 e. The van der Waals surface area contributed by atoms with E-state index in [1.165, 1.54) is 105 Å². The van der Waals surface area contributed by atoms with Crippen LogP contribution in [0.15, 0.2) is 291 Å². The molecule has 354 valence electrons. The Morgan fingerprint density at radius 1 is 0.250 bits per heavy atom. The number of hydrogen-bond acceptors (Lipinski definition) is 1. The van der Waals surface area contributed by atoms with Crippen molar-refractivity contribution in [2.75, 3.05) is 4.90 Å². The normalized spacial score (nSPS) is 13.7. The summed E-state index contributed by atoms with van der Waals surface area (Å²) < 4.78 is 2.40. The lowest BCUT2D eigenvalue weighted by Crippen LogP contribution is -2.28. The van der Waals surface area contributed by atoms with Gasteiger partial charge in [0, 0.05) is 33.5 Å². The SMILES string of the molecule is c1ccc(C2(c3ccc(N(c4ccc(-c5cccc(-n6c7ccccc7c7ccccc76)c5)cc4)c4ccc5c(c4)C4(c6ccccc6-c6ccccc64)c4ccccc4-5)cc3)c3ccccc3-c3ccccc32)cc1. The molecule has 2 heteroatoms. The number of aromatic nitrogens is 1. The largest absolute Gasteiger partial charge is 0.310 e. The smallest absolute Gasteiger partial charge is 0.0726 e. The van der Waals surface area contributed by atoms with E-state index >= 15 is 0 Å². The van der Waals surface area contributed by atoms with Gasteiger partial charge in [0.25, 0.3) is 0 Å². The Kier molecular flexibility index (Phi) is 9.20. The quantitative estimate of drug-likeness (QED) is 0.155. The molecular weight excluding hydrogens is 917 g/mol. The lowest BCUT2D eigenvalue weighted by atomic mass is 9.67. The maximum Gasteiger partial charge on any atom is 0.0726 e. The van der Waals surface area contributed by atoms with Gasteiger partial charge < -0.3 is 9.47 Å². The Hall–Kier alpha value is -9.76. The van der Waals surface area contributed by atoms with E-state index in [9.17, 15) is 0 Å². The van der Waals surface area contributed by atoms with E-state index in [1.54, 1.807) is 0 Å². The summed E-state index contributed by atoms with van der Waals surface area (Å²) in [5, 5.41) is 2.52. The lowest BCUT2D eigenvalue weighted by molar-refractivity contribution is 0.768. The number of anilines is 3. The molecule has 0 fully saturated rings. The van der Waals surface area contributed by atoms with Crippen LogP contribution in [0.25, 0.3) is 72.0 Å². The number of para-hydroxylation sites is 2. The monoisotopic (exact) mass is 964 g/mol. The average Bonchev–Trinajstić information content (AvgIpc) is 4.34. The predicted molar refractivity (Wildman–Crippen MR) is 315 cm³/mol. The predicted octanol–water partition coefficient (Wildman–Crippen LogP) is 18.6. The van der Waals surface area contributed by atoms with Crippen LogP contribution in [0, 0.1) is 0 Å². The van der Waals surface area contributed by atoms with Crippen molar-refractivity contribution in [3.05, 3.63) is 336 Å². The van der Waals surface area contributed by atoms with Crippen LogP contribution in [-0.4, -0.2) is 4.57 Å². The zero-order valence-corrected chi connectivity index (χ0v) is 41.6. The van der Waals surface area contributed by atoms with Crippen LogP contribution in [-0.2, 0) is 10.8 Å². The van der Waals surface area contributed by atoms with Crippen molar-refractivity contribution in [3.8, 4) is 50.2 Å². The van der Waals surface area contributed by atoms with Crippen molar-refractivity contribution in [2.24, 2.45) is 0 Å². The molecule has 12 aromatic carbocycles. The fourth-order valence-corrected chi connectivity index (χ4v) is 14.1. The Bertz CT molecular complexity index is 4300. The van der Waals surface area contributed by atoms with Crippen LogP contribution >= 0.6 is 0 Å². The highest BCUT2D eigenvalue weighted by atomic mass is 15.1. The van der Waals surface area contributed by atoms with E-state index < -0.39 is 10.8 Å². The van der Waals surface area contributed by atoms with Gasteiger partial charge in [-0.2, -0.15) is 0 Å². The third-order valence-corrected chi connectivity index (χ3v) is 17.1. The molecule has 2 nitrogen and oxygen atoms in total. The Morgan fingerprint density at radius 3 is 1.18 bits per heavy atom. The van der Waals surface area contributed by atoms with Gasteiger partial charge in [-0.1, -0.05) is 231 Å². The van der Waals surface area contributed by atoms with Gasteiger partial charge in [0.15, 0.2) is 0 Å². The molecule has 0 radical (unpaired) electrons. The van der Waals surface area contributed by atoms with Crippen LogP contribution < -0.4 is 4.90 Å². The van der Waals surface area contributed by atoms with Crippen LogP contribution in [0.2, 0.25) is 0 Å². The van der Waals surface area contributed by atoms with Crippen LogP contribution in [0.5, 0.6) is 0 Å². The zero-order valence-electron chi connectivity index (χ0n) is 41.6. The summed E-state index contributed by atoms with van der Waals surface area (Å²) in [6.45, 7) is 0. The standard InChI is InChI=1S/C74H48N2/c1-2-20-51(21-3-1)73(65-30-11-4-23-57(65)58-24-5-12-31-66(58)73)52-39-43-54(44-40-52)75(53-41-37-49(38-42-53)50-19-18-22-55(47-50)76-71-35-16-9-28-63(71)64-29-10-17-36-72(64)76)56-45-46-62-61-27-8-15-34-69(61)74(70(62)48-56)67-32-13-6-25-59(67)60-26-7-14-33-68(60)74/h1-48H. The van der Waals surface area contributed by atoms with E-state index in [0.29, 0.717) is 0 Å². The maximum absolute atomic E-state index is 2.50. The number of hydrogen-bond donors (Lipinski definition) is 0. The third kappa shape index (κ3) is 5.81. The minimum atomic E-state index is -0.498. The first-order chi connectivity index (χ1) is 37.7. The Balaban J connectivity index is 0.878. The number of nitrogens with zero attached hydrogens (tertiary/aromatic N) is 2. The summed E-state index contributed by atoms with van der Waals surface area (Å²) in [6, 6.07) is 109. The minimum absolute atomic E-state index is 0.471. The van der Waals surface area contributed by atoms with Gasteiger partial charge in [0.05, 0.1) is 21.9 Å². The molecule has 0 unspecified atom stereocenters. The summed E-state index contributed by atoms with van der Waals surface area (Å²) in [7, 11) is 0. The summed E-state index contributed by atoms with van der Waals surface area (Å²) in [6.07, 6.45) is 0. The first-order valence-electron chi connectivity index (χ1n) is 26.5. The van der Waals surface area contributed by atoms with Crippen LogP contribution in [0.1, 0.15) is 44.5 Å². The van der Waals surface area contributed by atoms with E-state index in [4.69, 9.17) is 0 Å². The molecule has 3 aliphatic carbocycles. The number of rotatable bonds is 7. The molecule has 1 spiro atoms. The topological polar surface area (TPSA) is 8.17 Å². The second kappa shape index (κ2) is 16.4. The Morgan fingerprint density at radius 2 is 0.658 bits per heavy atom. The fraction of sp³-hybridized carbons (Fsp3) is 0.0270. The molecule has 3 aliphatic rings. The molecule has 0 N–H and O–H groups in total. The molecule has 0 aliphatic heterocycles. The summed E-state index contributed by atoms with van der Waals surface area (Å²) in [4.78, 5) is 2.47. The van der Waals surface area contributed by atoms with Gasteiger partial charge in [-0.05, 0) is 150 Å². The second-order valence-corrected chi connectivity index (χ2v) is 20.7. The molecule has 0 saturated carbocycles. The Labute approximate surface area is 442 Å². The second-order valence-electron chi connectivity index (χ2n) is 20.7. The highest BCUT2D eigenvalue weighted by Crippen LogP contribution is 2.63. The molecule has 0 saturated heterocycles. The molecule has 0 bridgehead atoms. The van der Waals surface area contributed by atoms with E-state index in [2.05, 4.69) is 301 Å². The molecule has 0 atom stereocenters. The highest BCUT2D eigenvalue weighted by Gasteiger charge is 2.52. The lowest BCUT2D eigenvalue weighted by Gasteiger charge is -2.35. The van der Waals surface area contributed by atoms with Crippen molar-refractivity contribution in [2.45, 2.75) is 10.8 Å². The van der Waals surface area contributed by atoms with Crippen molar-refractivity contribution < 1.29 is 0 Å². The molecule has 0 amide bonds. The van der Waals surface area contributed by atoms with Gasteiger partial charge in [0.2, 0.25) is 0 Å². The van der Waals surface area contributed by atoms with Gasteiger partial charge in [-0.3, -0.25) is 0 Å². The summed E-state index contributed by atoms with van der Waals surface area (Å²) >= 11 is 0. The zero-order chi connectivity index (χ0) is 50.0. The van der Waals surface area contributed by atoms with E-state index in [-0.39, 0.29) is 0 Å². The number of benzene rings is 12. The van der Waals surface area contributed by atoms with Crippen molar-refractivity contribution in [1.82, 2.24) is 4.57 Å². The van der Waals surface area contributed by atoms with Crippen LogP contribution in [0.3, 0.4) is 0 Å². The van der Waals surface area contributed by atoms with Crippen molar-refractivity contribution in [3.63, 3.8) is 0 Å². The summed E-state index contributed by atoms with van der Waals surface area (Å²) in [5.41, 5.74) is 26.4. The number of fused-ring (bicyclic) bond motifs is 16. The third-order valence-electron chi connectivity index (χ3n) is 17.1. The van der Waals surface area contributed by atoms with Crippen molar-refractivity contribution >= 4 is 38.9 Å². The van der Waals surface area contributed by atoms with Gasteiger partial charge in [-0.25, -0.2) is 0 Å². The highest BCUT2D eigenvalue weighted by molar-refractivity contribution is 6.09. The molecule has 13 aromatic rings. The van der Waals surface area contributed by atoms with Gasteiger partial charge >= 0.3 is 0 Å². The molecule has 1 heterocycles. The fourth-order valence-electron chi connectivity index (χ4n) is 14.1.